The summed E-state index contributed by atoms with van der Waals surface area (Å²) < 4.78 is 70.9. The molecule has 0 bridgehead atoms. The molecule has 0 radical (unpaired) electrons. The van der Waals surface area contributed by atoms with E-state index in [1.807, 2.05) is 12.1 Å². The molecule has 9 heteroatoms. The average Bonchev–Trinajstić information content (AvgIpc) is 3.70. The summed E-state index contributed by atoms with van der Waals surface area (Å²) in [7, 11) is -3.49. The second-order valence-electron chi connectivity index (χ2n) is 10.9. The Morgan fingerprint density at radius 1 is 1.18 bits per heavy atom. The second-order valence-corrected chi connectivity index (χ2v) is 13.1. The summed E-state index contributed by atoms with van der Waals surface area (Å²) >= 11 is 0. The van der Waals surface area contributed by atoms with Crippen molar-refractivity contribution < 1.29 is 26.3 Å². The first-order chi connectivity index (χ1) is 18.4. The number of unbranched alkanes of at least 4 members (excludes halogenated alkanes) is 1. The number of halogens is 3. The van der Waals surface area contributed by atoms with E-state index in [0.29, 0.717) is 5.69 Å². The maximum absolute atomic E-state index is 12.9. The number of ether oxygens (including phenoxy) is 1. The van der Waals surface area contributed by atoms with Gasteiger partial charge in [0.2, 0.25) is 10.0 Å². The monoisotopic (exact) mass is 562 g/mol. The number of aromatic nitrogens is 1. The molecule has 2 aliphatic carbocycles. The van der Waals surface area contributed by atoms with Crippen molar-refractivity contribution in [3.05, 3.63) is 65.0 Å². The van der Waals surface area contributed by atoms with Crippen LogP contribution in [0, 0.1) is 5.92 Å². The number of nitrogens with one attached hydrogen (secondary N) is 1. The molecular weight excluding hydrogens is 525 g/mol. The van der Waals surface area contributed by atoms with Crippen molar-refractivity contribution in [2.75, 3.05) is 11.3 Å². The number of fused-ring (bicyclic) bond motifs is 1. The van der Waals surface area contributed by atoms with Crippen LogP contribution in [0.25, 0.3) is 11.1 Å². The van der Waals surface area contributed by atoms with E-state index in [1.54, 1.807) is 38.2 Å². The highest BCUT2D eigenvalue weighted by Crippen LogP contribution is 2.48. The van der Waals surface area contributed by atoms with Crippen LogP contribution in [0.15, 0.2) is 48.2 Å². The number of allylic oxidation sites excluding steroid dienone is 4. The van der Waals surface area contributed by atoms with Crippen LogP contribution < -0.4 is 9.46 Å². The van der Waals surface area contributed by atoms with Gasteiger partial charge < -0.3 is 4.74 Å². The van der Waals surface area contributed by atoms with Gasteiger partial charge in [-0.2, -0.15) is 13.2 Å². The predicted molar refractivity (Wildman–Crippen MR) is 150 cm³/mol. The molecule has 2 aromatic rings. The van der Waals surface area contributed by atoms with E-state index in [4.69, 9.17) is 9.72 Å². The minimum atomic E-state index is -4.40. The van der Waals surface area contributed by atoms with E-state index < -0.39 is 28.1 Å². The molecule has 2 unspecified atom stereocenters. The molecule has 1 aromatic heterocycles. The van der Waals surface area contributed by atoms with Gasteiger partial charge in [-0.15, -0.1) is 0 Å². The van der Waals surface area contributed by atoms with Gasteiger partial charge in [-0.1, -0.05) is 38.0 Å². The zero-order valence-corrected chi connectivity index (χ0v) is 23.8. The normalized spacial score (nSPS) is 19.4. The number of rotatable bonds is 11. The molecule has 0 saturated carbocycles. The average molecular weight is 563 g/mol. The van der Waals surface area contributed by atoms with Gasteiger partial charge in [0, 0.05) is 0 Å². The first kappa shape index (κ1) is 29.2. The lowest BCUT2D eigenvalue weighted by molar-refractivity contribution is -0.153. The second kappa shape index (κ2) is 11.7. The Kier molecular flexibility index (Phi) is 8.78. The lowest BCUT2D eigenvalue weighted by Gasteiger charge is -2.24. The van der Waals surface area contributed by atoms with Gasteiger partial charge in [0.25, 0.3) is 0 Å². The molecule has 4 rings (SSSR count). The molecule has 0 aliphatic heterocycles. The van der Waals surface area contributed by atoms with Crippen LogP contribution in [-0.4, -0.2) is 31.4 Å². The van der Waals surface area contributed by atoms with Crippen LogP contribution in [0.3, 0.4) is 0 Å². The molecule has 1 N–H and O–H groups in total. The van der Waals surface area contributed by atoms with Crippen LogP contribution in [0.5, 0.6) is 5.75 Å². The summed E-state index contributed by atoms with van der Waals surface area (Å²) in [6.45, 7) is 6.20. The first-order valence-electron chi connectivity index (χ1n) is 13.6. The van der Waals surface area contributed by atoms with Gasteiger partial charge in [-0.25, -0.2) is 8.42 Å². The third kappa shape index (κ3) is 7.44. The van der Waals surface area contributed by atoms with Crippen molar-refractivity contribution in [3.63, 3.8) is 0 Å². The summed E-state index contributed by atoms with van der Waals surface area (Å²) in [6.07, 6.45) is 4.84. The maximum atomic E-state index is 12.9. The molecular formula is C30H37F3N2O3S. The molecule has 2 aliphatic rings. The Labute approximate surface area is 229 Å². The molecule has 0 amide bonds. The van der Waals surface area contributed by atoms with Crippen molar-refractivity contribution in [1.29, 1.82) is 0 Å². The van der Waals surface area contributed by atoms with Gasteiger partial charge in [0.1, 0.15) is 5.75 Å². The molecule has 212 valence electrons. The lowest BCUT2D eigenvalue weighted by atomic mass is 9.81. The van der Waals surface area contributed by atoms with Crippen LogP contribution in [0.2, 0.25) is 0 Å². The third-order valence-electron chi connectivity index (χ3n) is 7.53. The summed E-state index contributed by atoms with van der Waals surface area (Å²) in [4.78, 5) is 4.70. The fourth-order valence-electron chi connectivity index (χ4n) is 5.06. The Balaban J connectivity index is 1.78. The van der Waals surface area contributed by atoms with Crippen molar-refractivity contribution in [1.82, 2.24) is 4.98 Å². The minimum Gasteiger partial charge on any atom is -0.484 e. The van der Waals surface area contributed by atoms with Crippen molar-refractivity contribution in [2.45, 2.75) is 83.6 Å². The zero-order valence-electron chi connectivity index (χ0n) is 22.9. The fourth-order valence-corrected chi connectivity index (χ4v) is 5.75. The van der Waals surface area contributed by atoms with Gasteiger partial charge in [0.15, 0.2) is 6.61 Å². The fraction of sp³-hybridized carbons (Fsp3) is 0.500. The number of sulfonamides is 1. The van der Waals surface area contributed by atoms with Crippen molar-refractivity contribution in [2.24, 2.45) is 5.92 Å². The summed E-state index contributed by atoms with van der Waals surface area (Å²) in [5.41, 5.74) is 6.91. The Morgan fingerprint density at radius 3 is 2.51 bits per heavy atom. The van der Waals surface area contributed by atoms with E-state index in [1.165, 1.54) is 5.57 Å². The van der Waals surface area contributed by atoms with Gasteiger partial charge in [0.05, 0.1) is 22.8 Å². The molecule has 0 saturated heterocycles. The van der Waals surface area contributed by atoms with E-state index >= 15 is 0 Å². The number of nitrogens with zero attached hydrogens (tertiary/aromatic N) is 1. The highest BCUT2D eigenvalue weighted by Gasteiger charge is 2.33. The van der Waals surface area contributed by atoms with Crippen molar-refractivity contribution >= 4 is 26.9 Å². The van der Waals surface area contributed by atoms with Crippen LogP contribution >= 0.6 is 0 Å². The number of pyridine rings is 1. The molecule has 1 heterocycles. The SMILES string of the molecule is CCCCC1=C(c2ccc(NS(=O)(=O)C(C)C)cn2)CC(CC2=CC2)C(C)c2cc(OCC(F)(F)F)ccc21. The van der Waals surface area contributed by atoms with Crippen LogP contribution in [0.1, 0.15) is 89.0 Å². The number of hydrogen-bond donors (Lipinski definition) is 1. The largest absolute Gasteiger partial charge is 0.484 e. The van der Waals surface area contributed by atoms with Crippen LogP contribution in [-0.2, 0) is 10.0 Å². The Morgan fingerprint density at radius 2 is 1.92 bits per heavy atom. The number of benzene rings is 1. The van der Waals surface area contributed by atoms with Gasteiger partial charge in [-0.3, -0.25) is 9.71 Å². The summed E-state index contributed by atoms with van der Waals surface area (Å²) in [5, 5.41) is -0.567. The third-order valence-corrected chi connectivity index (χ3v) is 9.29. The molecule has 5 nitrogen and oxygen atoms in total. The van der Waals surface area contributed by atoms with Gasteiger partial charge >= 0.3 is 6.18 Å². The van der Waals surface area contributed by atoms with E-state index in [-0.39, 0.29) is 17.6 Å². The Hall–Kier alpha value is -2.81. The van der Waals surface area contributed by atoms with E-state index in [2.05, 4.69) is 24.6 Å². The number of anilines is 1. The molecule has 0 spiro atoms. The topological polar surface area (TPSA) is 68.3 Å². The summed E-state index contributed by atoms with van der Waals surface area (Å²) in [5.74, 6) is 0.563. The quantitative estimate of drug-likeness (QED) is 0.281. The standard InChI is InChI=1S/C30H37F3N2O3S/c1-5-6-7-25-26-12-11-24(38-18-30(31,32)33)16-27(26)20(4)22(14-21-8-9-21)15-28(25)29-13-10-23(17-34-29)35-39(36,37)19(2)3/h8,10-13,16-17,19-20,22,35H,5-7,9,14-15,18H2,1-4H3. The van der Waals surface area contributed by atoms with E-state index in [9.17, 15) is 21.6 Å². The maximum Gasteiger partial charge on any atom is 0.422 e. The van der Waals surface area contributed by atoms with Crippen LogP contribution in [0.4, 0.5) is 18.9 Å². The van der Waals surface area contributed by atoms with Crippen molar-refractivity contribution in [3.8, 4) is 5.75 Å². The number of alkyl halides is 3. The highest BCUT2D eigenvalue weighted by atomic mass is 32.2. The first-order valence-corrected chi connectivity index (χ1v) is 15.1. The predicted octanol–water partition coefficient (Wildman–Crippen LogP) is 8.12. The zero-order chi connectivity index (χ0) is 28.4. The molecule has 1 aromatic carbocycles. The smallest absolute Gasteiger partial charge is 0.422 e. The summed E-state index contributed by atoms with van der Waals surface area (Å²) in [6, 6.07) is 8.91. The minimum absolute atomic E-state index is 0.0992. The molecule has 39 heavy (non-hydrogen) atoms. The Bertz CT molecular complexity index is 1350. The lowest BCUT2D eigenvalue weighted by Crippen LogP contribution is -2.22. The molecule has 0 fully saturated rings. The molecule has 2 atom stereocenters. The van der Waals surface area contributed by atoms with E-state index in [0.717, 1.165) is 66.5 Å². The van der Waals surface area contributed by atoms with Gasteiger partial charge in [-0.05, 0) is 104 Å². The number of hydrogen-bond acceptors (Lipinski definition) is 4. The highest BCUT2D eigenvalue weighted by molar-refractivity contribution is 7.93.